The molecule has 0 saturated carbocycles. The second-order valence-electron chi connectivity index (χ2n) is 6.16. The first-order valence-corrected chi connectivity index (χ1v) is 8.46. The highest BCUT2D eigenvalue weighted by Gasteiger charge is 2.22. The van der Waals surface area contributed by atoms with Crippen molar-refractivity contribution in [3.63, 3.8) is 0 Å². The van der Waals surface area contributed by atoms with E-state index in [-0.39, 0.29) is 18.4 Å². The molecule has 0 radical (unpaired) electrons. The molecule has 130 valence electrons. The van der Waals surface area contributed by atoms with Crippen LogP contribution >= 0.6 is 0 Å². The standard InChI is InChI=1S/C20H22N2O3/c1-22-17-12-16(9-10-18(17)25-14-20(22)24)13-19(23)21-11-5-8-15-6-3-2-4-7-15/h2-4,6-7,9-10,12H,5,8,11,13-14H2,1H3,(H,21,23). The van der Waals surface area contributed by atoms with Crippen molar-refractivity contribution in [2.24, 2.45) is 0 Å². The molecule has 0 aliphatic carbocycles. The molecule has 2 amide bonds. The Labute approximate surface area is 147 Å². The van der Waals surface area contributed by atoms with Crippen LogP contribution < -0.4 is 15.0 Å². The molecule has 3 rings (SSSR count). The molecule has 25 heavy (non-hydrogen) atoms. The normalized spacial score (nSPS) is 13.2. The Hall–Kier alpha value is -2.82. The first-order chi connectivity index (χ1) is 12.1. The predicted octanol–water partition coefficient (Wildman–Crippen LogP) is 2.33. The first kappa shape index (κ1) is 17.0. The van der Waals surface area contributed by atoms with Crippen molar-refractivity contribution in [1.82, 2.24) is 5.32 Å². The van der Waals surface area contributed by atoms with Gasteiger partial charge in [0, 0.05) is 13.6 Å². The lowest BCUT2D eigenvalue weighted by atomic mass is 10.1. The van der Waals surface area contributed by atoms with Crippen LogP contribution in [0.4, 0.5) is 5.69 Å². The molecule has 0 fully saturated rings. The number of carbonyl (C=O) groups is 2. The van der Waals surface area contributed by atoms with Gasteiger partial charge >= 0.3 is 0 Å². The van der Waals surface area contributed by atoms with E-state index in [0.717, 1.165) is 18.4 Å². The summed E-state index contributed by atoms with van der Waals surface area (Å²) in [5.74, 6) is 0.572. The summed E-state index contributed by atoms with van der Waals surface area (Å²) >= 11 is 0. The quantitative estimate of drug-likeness (QED) is 0.823. The van der Waals surface area contributed by atoms with E-state index >= 15 is 0 Å². The molecule has 0 aromatic heterocycles. The van der Waals surface area contributed by atoms with E-state index in [1.807, 2.05) is 36.4 Å². The number of likely N-dealkylation sites (N-methyl/N-ethyl adjacent to an activating group) is 1. The summed E-state index contributed by atoms with van der Waals surface area (Å²) in [5.41, 5.74) is 2.86. The number of anilines is 1. The average Bonchev–Trinajstić information content (AvgIpc) is 2.63. The van der Waals surface area contributed by atoms with Crippen LogP contribution in [-0.4, -0.2) is 32.0 Å². The summed E-state index contributed by atoms with van der Waals surface area (Å²) < 4.78 is 5.40. The number of rotatable bonds is 6. The van der Waals surface area contributed by atoms with Gasteiger partial charge in [-0.25, -0.2) is 0 Å². The molecular weight excluding hydrogens is 316 g/mol. The van der Waals surface area contributed by atoms with Crippen molar-refractivity contribution in [3.8, 4) is 5.75 Å². The third-order valence-corrected chi connectivity index (χ3v) is 4.28. The maximum Gasteiger partial charge on any atom is 0.264 e. The van der Waals surface area contributed by atoms with Crippen LogP contribution in [0.15, 0.2) is 48.5 Å². The second kappa shape index (κ2) is 7.83. The molecule has 1 N–H and O–H groups in total. The number of fused-ring (bicyclic) bond motifs is 1. The number of hydrogen-bond acceptors (Lipinski definition) is 3. The van der Waals surface area contributed by atoms with Gasteiger partial charge in [0.25, 0.3) is 5.91 Å². The van der Waals surface area contributed by atoms with Gasteiger partial charge in [0.15, 0.2) is 6.61 Å². The molecule has 0 unspecified atom stereocenters. The zero-order valence-electron chi connectivity index (χ0n) is 14.3. The zero-order chi connectivity index (χ0) is 17.6. The number of ether oxygens (including phenoxy) is 1. The van der Waals surface area contributed by atoms with Crippen LogP contribution in [0, 0.1) is 0 Å². The van der Waals surface area contributed by atoms with Crippen molar-refractivity contribution in [2.45, 2.75) is 19.3 Å². The van der Waals surface area contributed by atoms with Crippen molar-refractivity contribution in [2.75, 3.05) is 25.1 Å². The highest BCUT2D eigenvalue weighted by atomic mass is 16.5. The van der Waals surface area contributed by atoms with E-state index in [4.69, 9.17) is 4.74 Å². The molecule has 0 bridgehead atoms. The van der Waals surface area contributed by atoms with Crippen molar-refractivity contribution >= 4 is 17.5 Å². The smallest absolute Gasteiger partial charge is 0.264 e. The molecule has 0 spiro atoms. The Morgan fingerprint density at radius 1 is 1.16 bits per heavy atom. The van der Waals surface area contributed by atoms with Crippen molar-refractivity contribution in [1.29, 1.82) is 0 Å². The van der Waals surface area contributed by atoms with E-state index in [1.54, 1.807) is 11.9 Å². The van der Waals surface area contributed by atoms with Gasteiger partial charge in [-0.3, -0.25) is 9.59 Å². The Kier molecular flexibility index (Phi) is 5.33. The molecule has 0 atom stereocenters. The third kappa shape index (κ3) is 4.38. The third-order valence-electron chi connectivity index (χ3n) is 4.28. The van der Waals surface area contributed by atoms with E-state index in [1.165, 1.54) is 5.56 Å². The number of amides is 2. The molecular formula is C20H22N2O3. The number of aryl methyl sites for hydroxylation is 1. The highest BCUT2D eigenvalue weighted by Crippen LogP contribution is 2.32. The van der Waals surface area contributed by atoms with Gasteiger partial charge in [-0.1, -0.05) is 36.4 Å². The van der Waals surface area contributed by atoms with Gasteiger partial charge in [-0.2, -0.15) is 0 Å². The fourth-order valence-electron chi connectivity index (χ4n) is 2.84. The fourth-order valence-corrected chi connectivity index (χ4v) is 2.84. The molecule has 1 heterocycles. The largest absolute Gasteiger partial charge is 0.482 e. The van der Waals surface area contributed by atoms with Crippen LogP contribution in [0.2, 0.25) is 0 Å². The van der Waals surface area contributed by atoms with Gasteiger partial charge in [-0.05, 0) is 36.1 Å². The number of carbonyl (C=O) groups excluding carboxylic acids is 2. The highest BCUT2D eigenvalue weighted by molar-refractivity contribution is 5.97. The minimum atomic E-state index is -0.0880. The Bertz CT molecular complexity index is 759. The second-order valence-corrected chi connectivity index (χ2v) is 6.16. The van der Waals surface area contributed by atoms with Gasteiger partial charge in [-0.15, -0.1) is 0 Å². The maximum absolute atomic E-state index is 12.1. The minimum absolute atomic E-state index is 0.0151. The minimum Gasteiger partial charge on any atom is -0.482 e. The number of benzene rings is 2. The molecule has 1 aliphatic heterocycles. The van der Waals surface area contributed by atoms with Crippen LogP contribution in [0.5, 0.6) is 5.75 Å². The maximum atomic E-state index is 12.1. The summed E-state index contributed by atoms with van der Waals surface area (Å²) in [4.78, 5) is 25.4. The van der Waals surface area contributed by atoms with Gasteiger partial charge in [0.1, 0.15) is 5.75 Å². The predicted molar refractivity (Wildman–Crippen MR) is 96.8 cm³/mol. The molecule has 2 aromatic rings. The molecule has 5 nitrogen and oxygen atoms in total. The Morgan fingerprint density at radius 2 is 1.96 bits per heavy atom. The summed E-state index contributed by atoms with van der Waals surface area (Å²) in [6, 6.07) is 15.8. The summed E-state index contributed by atoms with van der Waals surface area (Å²) in [5, 5.41) is 2.95. The van der Waals surface area contributed by atoms with Gasteiger partial charge < -0.3 is 15.0 Å². The van der Waals surface area contributed by atoms with Gasteiger partial charge in [0.05, 0.1) is 12.1 Å². The molecule has 1 aliphatic rings. The van der Waals surface area contributed by atoms with Gasteiger partial charge in [0.2, 0.25) is 5.91 Å². The first-order valence-electron chi connectivity index (χ1n) is 8.46. The summed E-state index contributed by atoms with van der Waals surface area (Å²) in [6.45, 7) is 0.713. The molecule has 0 saturated heterocycles. The van der Waals surface area contributed by atoms with Crippen LogP contribution in [0.3, 0.4) is 0 Å². The monoisotopic (exact) mass is 338 g/mol. The van der Waals surface area contributed by atoms with E-state index in [9.17, 15) is 9.59 Å². The number of nitrogens with zero attached hydrogens (tertiary/aromatic N) is 1. The summed E-state index contributed by atoms with van der Waals surface area (Å²) in [7, 11) is 1.72. The number of nitrogens with one attached hydrogen (secondary N) is 1. The van der Waals surface area contributed by atoms with Crippen molar-refractivity contribution in [3.05, 3.63) is 59.7 Å². The Balaban J connectivity index is 1.49. The van der Waals surface area contributed by atoms with Crippen molar-refractivity contribution < 1.29 is 14.3 Å². The van der Waals surface area contributed by atoms with E-state index in [2.05, 4.69) is 17.4 Å². The lowest BCUT2D eigenvalue weighted by molar-refractivity contribution is -0.121. The van der Waals surface area contributed by atoms with Crippen LogP contribution in [0.25, 0.3) is 0 Å². The lowest BCUT2D eigenvalue weighted by Crippen LogP contribution is -2.35. The van der Waals surface area contributed by atoms with E-state index in [0.29, 0.717) is 24.4 Å². The lowest BCUT2D eigenvalue weighted by Gasteiger charge is -2.26. The molecule has 5 heteroatoms. The van der Waals surface area contributed by atoms with Crippen LogP contribution in [0.1, 0.15) is 17.5 Å². The zero-order valence-corrected chi connectivity index (χ0v) is 14.3. The number of hydrogen-bond donors (Lipinski definition) is 1. The average molecular weight is 338 g/mol. The Morgan fingerprint density at radius 3 is 2.76 bits per heavy atom. The van der Waals surface area contributed by atoms with Crippen LogP contribution in [-0.2, 0) is 22.4 Å². The topological polar surface area (TPSA) is 58.6 Å². The van der Waals surface area contributed by atoms with E-state index < -0.39 is 0 Å². The SMILES string of the molecule is CN1C(=O)COc2ccc(CC(=O)NCCCc3ccccc3)cc21. The summed E-state index contributed by atoms with van der Waals surface area (Å²) in [6.07, 6.45) is 2.15. The fraction of sp³-hybridized carbons (Fsp3) is 0.300. The molecule has 2 aromatic carbocycles.